The van der Waals surface area contributed by atoms with E-state index >= 15 is 0 Å². The van der Waals surface area contributed by atoms with E-state index < -0.39 is 5.97 Å². The fourth-order valence-corrected chi connectivity index (χ4v) is 4.98. The first-order valence-corrected chi connectivity index (χ1v) is 10.2. The van der Waals surface area contributed by atoms with E-state index in [-0.39, 0.29) is 17.9 Å². The standard InChI is InChI=1S/C24H24N2O3/c1-2-16-15-26-12-10-17(16)14-21(26)23(29-24(27)22-8-5-13-28-22)19-9-11-25-20-7-4-3-6-18(19)20/h2-9,11,13,16-17,21,23H,1,10,12,14-15H2/t16-,17-,21+,23-/m0/s1. The number of aromatic nitrogens is 1. The Morgan fingerprint density at radius 3 is 2.93 bits per heavy atom. The molecule has 2 bridgehead atoms. The number of furan rings is 1. The minimum Gasteiger partial charge on any atom is -0.457 e. The van der Waals surface area contributed by atoms with Crippen LogP contribution >= 0.6 is 0 Å². The number of fused-ring (bicyclic) bond motifs is 4. The zero-order valence-corrected chi connectivity index (χ0v) is 16.2. The van der Waals surface area contributed by atoms with Crippen LogP contribution < -0.4 is 0 Å². The Labute approximate surface area is 170 Å². The highest BCUT2D eigenvalue weighted by molar-refractivity contribution is 5.87. The first-order chi connectivity index (χ1) is 14.2. The molecule has 148 valence electrons. The topological polar surface area (TPSA) is 55.6 Å². The molecule has 5 heterocycles. The zero-order chi connectivity index (χ0) is 19.8. The predicted octanol–water partition coefficient (Wildman–Crippen LogP) is 4.62. The van der Waals surface area contributed by atoms with Gasteiger partial charge in [-0.15, -0.1) is 6.58 Å². The predicted molar refractivity (Wildman–Crippen MR) is 110 cm³/mol. The lowest BCUT2D eigenvalue weighted by atomic mass is 9.73. The minimum absolute atomic E-state index is 0.134. The summed E-state index contributed by atoms with van der Waals surface area (Å²) in [6, 6.07) is 13.5. The maximum Gasteiger partial charge on any atom is 0.374 e. The van der Waals surface area contributed by atoms with Crippen LogP contribution in [0.25, 0.3) is 10.9 Å². The molecule has 3 saturated heterocycles. The van der Waals surface area contributed by atoms with Gasteiger partial charge >= 0.3 is 5.97 Å². The Morgan fingerprint density at radius 2 is 2.17 bits per heavy atom. The van der Waals surface area contributed by atoms with Gasteiger partial charge in [0.25, 0.3) is 0 Å². The van der Waals surface area contributed by atoms with Crippen LogP contribution in [-0.4, -0.2) is 35.0 Å². The Hall–Kier alpha value is -2.92. The van der Waals surface area contributed by atoms with Gasteiger partial charge in [-0.2, -0.15) is 0 Å². The van der Waals surface area contributed by atoms with Crippen molar-refractivity contribution in [2.24, 2.45) is 11.8 Å². The van der Waals surface area contributed by atoms with Gasteiger partial charge in [0, 0.05) is 23.7 Å². The van der Waals surface area contributed by atoms with Crippen molar-refractivity contribution in [3.63, 3.8) is 0 Å². The third kappa shape index (κ3) is 3.25. The van der Waals surface area contributed by atoms with E-state index in [0.717, 1.165) is 36.0 Å². The molecule has 1 aromatic carbocycles. The second-order valence-electron chi connectivity index (χ2n) is 7.97. The van der Waals surface area contributed by atoms with Gasteiger partial charge in [0.1, 0.15) is 6.10 Å². The van der Waals surface area contributed by atoms with Gasteiger partial charge in [0.15, 0.2) is 0 Å². The van der Waals surface area contributed by atoms with Gasteiger partial charge in [0.2, 0.25) is 5.76 Å². The lowest BCUT2D eigenvalue weighted by Gasteiger charge is -2.51. The number of ether oxygens (including phenoxy) is 1. The molecule has 0 saturated carbocycles. The number of rotatable bonds is 5. The van der Waals surface area contributed by atoms with Crippen LogP contribution in [0.5, 0.6) is 0 Å². The van der Waals surface area contributed by atoms with Gasteiger partial charge in [0.05, 0.1) is 17.8 Å². The fourth-order valence-electron chi connectivity index (χ4n) is 4.98. The summed E-state index contributed by atoms with van der Waals surface area (Å²) >= 11 is 0. The fraction of sp³-hybridized carbons (Fsp3) is 0.333. The summed E-state index contributed by atoms with van der Waals surface area (Å²) in [5, 5.41) is 1.02. The molecule has 3 aliphatic rings. The molecule has 3 aliphatic heterocycles. The van der Waals surface area contributed by atoms with E-state index in [1.54, 1.807) is 18.3 Å². The number of esters is 1. The normalized spacial score (nSPS) is 26.9. The molecule has 0 N–H and O–H groups in total. The number of hydrogen-bond acceptors (Lipinski definition) is 5. The number of carbonyl (C=O) groups excluding carboxylic acids is 1. The van der Waals surface area contributed by atoms with Crippen molar-refractivity contribution in [3.8, 4) is 0 Å². The van der Waals surface area contributed by atoms with Crippen LogP contribution in [0.3, 0.4) is 0 Å². The average molecular weight is 388 g/mol. The van der Waals surface area contributed by atoms with E-state index in [4.69, 9.17) is 9.15 Å². The van der Waals surface area contributed by atoms with Crippen molar-refractivity contribution in [2.45, 2.75) is 25.0 Å². The van der Waals surface area contributed by atoms with Crippen LogP contribution in [0.2, 0.25) is 0 Å². The molecular formula is C24H24N2O3. The quantitative estimate of drug-likeness (QED) is 0.471. The van der Waals surface area contributed by atoms with Crippen molar-refractivity contribution in [1.82, 2.24) is 9.88 Å². The first kappa shape index (κ1) is 18.1. The first-order valence-electron chi connectivity index (χ1n) is 10.2. The molecule has 5 nitrogen and oxygen atoms in total. The van der Waals surface area contributed by atoms with E-state index in [0.29, 0.717) is 11.8 Å². The Kier molecular flexibility index (Phi) is 4.68. The number of benzene rings is 1. The number of para-hydroxylation sites is 1. The highest BCUT2D eigenvalue weighted by Gasteiger charge is 2.44. The summed E-state index contributed by atoms with van der Waals surface area (Å²) in [6.07, 6.45) is 7.16. The van der Waals surface area contributed by atoms with Gasteiger partial charge in [-0.3, -0.25) is 9.88 Å². The van der Waals surface area contributed by atoms with Crippen LogP contribution in [-0.2, 0) is 4.74 Å². The van der Waals surface area contributed by atoms with E-state index in [1.165, 1.54) is 12.7 Å². The molecule has 29 heavy (non-hydrogen) atoms. The van der Waals surface area contributed by atoms with Crippen LogP contribution in [0.4, 0.5) is 0 Å². The van der Waals surface area contributed by atoms with E-state index in [2.05, 4.69) is 22.5 Å². The maximum atomic E-state index is 12.8. The Bertz CT molecular complexity index is 1020. The van der Waals surface area contributed by atoms with E-state index in [1.807, 2.05) is 30.3 Å². The molecule has 3 fully saturated rings. The van der Waals surface area contributed by atoms with Gasteiger partial charge in [-0.05, 0) is 55.5 Å². The molecule has 0 aliphatic carbocycles. The smallest absolute Gasteiger partial charge is 0.374 e. The summed E-state index contributed by atoms with van der Waals surface area (Å²) in [5.41, 5.74) is 1.91. The highest BCUT2D eigenvalue weighted by atomic mass is 16.6. The molecular weight excluding hydrogens is 364 g/mol. The second kappa shape index (κ2) is 7.48. The molecule has 0 spiro atoms. The van der Waals surface area contributed by atoms with Crippen molar-refractivity contribution < 1.29 is 13.9 Å². The van der Waals surface area contributed by atoms with Crippen molar-refractivity contribution in [2.75, 3.05) is 13.1 Å². The lowest BCUT2D eigenvalue weighted by Crippen LogP contribution is -2.55. The van der Waals surface area contributed by atoms with Crippen molar-refractivity contribution in [1.29, 1.82) is 0 Å². The zero-order valence-electron chi connectivity index (χ0n) is 16.2. The minimum atomic E-state index is -0.427. The second-order valence-corrected chi connectivity index (χ2v) is 7.97. The third-order valence-corrected chi connectivity index (χ3v) is 6.45. The summed E-state index contributed by atoms with van der Waals surface area (Å²) in [5.74, 6) is 0.896. The average Bonchev–Trinajstić information content (AvgIpc) is 3.32. The highest BCUT2D eigenvalue weighted by Crippen LogP contribution is 2.43. The van der Waals surface area contributed by atoms with E-state index in [9.17, 15) is 4.79 Å². The maximum absolute atomic E-state index is 12.8. The molecule has 1 unspecified atom stereocenters. The Balaban J connectivity index is 1.55. The summed E-state index contributed by atoms with van der Waals surface area (Å²) in [7, 11) is 0. The van der Waals surface area contributed by atoms with Crippen LogP contribution in [0, 0.1) is 11.8 Å². The number of nitrogens with zero attached hydrogens (tertiary/aromatic N) is 2. The van der Waals surface area contributed by atoms with Crippen molar-refractivity contribution in [3.05, 3.63) is 78.9 Å². The van der Waals surface area contributed by atoms with Gasteiger partial charge < -0.3 is 9.15 Å². The Morgan fingerprint density at radius 1 is 1.28 bits per heavy atom. The monoisotopic (exact) mass is 388 g/mol. The number of pyridine rings is 1. The summed E-state index contributed by atoms with van der Waals surface area (Å²) in [6.45, 7) is 6.02. The third-order valence-electron chi connectivity index (χ3n) is 6.45. The molecule has 2 aromatic heterocycles. The molecule has 0 amide bonds. The molecule has 0 radical (unpaired) electrons. The van der Waals surface area contributed by atoms with Crippen LogP contribution in [0.1, 0.15) is 35.1 Å². The SMILES string of the molecule is C=C[C@H]1CN2CC[C@H]1C[C@@H]2[C@@H](OC(=O)c1ccco1)c1ccnc2ccccc12. The summed E-state index contributed by atoms with van der Waals surface area (Å²) in [4.78, 5) is 19.8. The number of carbonyl (C=O) groups is 1. The number of piperidine rings is 3. The molecule has 3 aromatic rings. The molecule has 5 heteroatoms. The largest absolute Gasteiger partial charge is 0.457 e. The molecule has 5 atom stereocenters. The number of hydrogen-bond donors (Lipinski definition) is 0. The van der Waals surface area contributed by atoms with Gasteiger partial charge in [-0.1, -0.05) is 24.3 Å². The summed E-state index contributed by atoms with van der Waals surface area (Å²) < 4.78 is 11.4. The van der Waals surface area contributed by atoms with Gasteiger partial charge in [-0.25, -0.2) is 4.79 Å². The lowest BCUT2D eigenvalue weighted by molar-refractivity contribution is -0.0578. The van der Waals surface area contributed by atoms with Crippen LogP contribution in [0.15, 0.2) is 72.0 Å². The van der Waals surface area contributed by atoms with Crippen molar-refractivity contribution >= 4 is 16.9 Å². The molecule has 6 rings (SSSR count).